The zero-order chi connectivity index (χ0) is 19.2. The molecule has 0 atom stereocenters. The standard InChI is InChI=1S/C22H23N3O2S/c26-22(20-7-3-4-8-21(20)27-14-19-15-28-16-24-19)23-10-12-25-11-9-17-5-1-2-6-18(17)13-25/h1-8,15-16H,9-14H2,(H,23,26). The molecule has 0 fully saturated rings. The Bertz CT molecular complexity index is 927. The molecule has 4 rings (SSSR count). The number of amides is 1. The van der Waals surface area contributed by atoms with Crippen LogP contribution in [0.5, 0.6) is 5.75 Å². The van der Waals surface area contributed by atoms with Crippen molar-refractivity contribution in [2.75, 3.05) is 19.6 Å². The topological polar surface area (TPSA) is 54.5 Å². The van der Waals surface area contributed by atoms with E-state index in [1.165, 1.54) is 22.5 Å². The third kappa shape index (κ3) is 4.58. The lowest BCUT2D eigenvalue weighted by Crippen LogP contribution is -2.37. The van der Waals surface area contributed by atoms with Crippen molar-refractivity contribution in [1.82, 2.24) is 15.2 Å². The second-order valence-electron chi connectivity index (χ2n) is 6.82. The summed E-state index contributed by atoms with van der Waals surface area (Å²) < 4.78 is 5.81. The van der Waals surface area contributed by atoms with Crippen molar-refractivity contribution in [1.29, 1.82) is 0 Å². The van der Waals surface area contributed by atoms with Gasteiger partial charge in [0.05, 0.1) is 16.8 Å². The summed E-state index contributed by atoms with van der Waals surface area (Å²) in [5, 5.41) is 4.97. The highest BCUT2D eigenvalue weighted by Crippen LogP contribution is 2.20. The summed E-state index contributed by atoms with van der Waals surface area (Å²) in [6.07, 6.45) is 1.07. The van der Waals surface area contributed by atoms with E-state index in [1.807, 2.05) is 23.6 Å². The SMILES string of the molecule is O=C(NCCN1CCc2ccccc2C1)c1ccccc1OCc1cscn1. The van der Waals surface area contributed by atoms with Crippen LogP contribution in [0.25, 0.3) is 0 Å². The molecule has 6 heteroatoms. The first-order valence-electron chi connectivity index (χ1n) is 9.46. The molecule has 2 heterocycles. The number of nitrogens with zero attached hydrogens (tertiary/aromatic N) is 2. The van der Waals surface area contributed by atoms with Gasteiger partial charge in [-0.2, -0.15) is 0 Å². The average Bonchev–Trinajstić information content (AvgIpc) is 3.26. The summed E-state index contributed by atoms with van der Waals surface area (Å²) in [5.41, 5.74) is 6.03. The molecule has 0 radical (unpaired) electrons. The van der Waals surface area contributed by atoms with Crippen molar-refractivity contribution in [3.05, 3.63) is 81.8 Å². The lowest BCUT2D eigenvalue weighted by Gasteiger charge is -2.28. The van der Waals surface area contributed by atoms with Crippen LogP contribution >= 0.6 is 11.3 Å². The quantitative estimate of drug-likeness (QED) is 0.667. The highest BCUT2D eigenvalue weighted by molar-refractivity contribution is 7.07. The summed E-state index contributed by atoms with van der Waals surface area (Å²) in [4.78, 5) is 19.2. The van der Waals surface area contributed by atoms with Crippen molar-refractivity contribution in [2.24, 2.45) is 0 Å². The fourth-order valence-corrected chi connectivity index (χ4v) is 3.95. The monoisotopic (exact) mass is 393 g/mol. The van der Waals surface area contributed by atoms with Gasteiger partial charge in [-0.25, -0.2) is 4.98 Å². The van der Waals surface area contributed by atoms with Gasteiger partial charge in [-0.1, -0.05) is 36.4 Å². The first-order chi connectivity index (χ1) is 13.8. The van der Waals surface area contributed by atoms with Gasteiger partial charge in [0.25, 0.3) is 5.91 Å². The van der Waals surface area contributed by atoms with Gasteiger partial charge in [0.15, 0.2) is 0 Å². The summed E-state index contributed by atoms with van der Waals surface area (Å²) in [6.45, 7) is 3.78. The van der Waals surface area contributed by atoms with Gasteiger partial charge in [0.2, 0.25) is 0 Å². The van der Waals surface area contributed by atoms with E-state index >= 15 is 0 Å². The third-order valence-electron chi connectivity index (χ3n) is 4.91. The van der Waals surface area contributed by atoms with E-state index in [0.717, 1.165) is 31.7 Å². The maximum Gasteiger partial charge on any atom is 0.255 e. The Morgan fingerprint density at radius 2 is 1.96 bits per heavy atom. The number of hydrogen-bond donors (Lipinski definition) is 1. The number of rotatable bonds is 7. The van der Waals surface area contributed by atoms with E-state index < -0.39 is 0 Å². The number of fused-ring (bicyclic) bond motifs is 1. The molecule has 0 unspecified atom stereocenters. The number of nitrogens with one attached hydrogen (secondary N) is 1. The van der Waals surface area contributed by atoms with Gasteiger partial charge in [-0.15, -0.1) is 11.3 Å². The minimum absolute atomic E-state index is 0.105. The molecular formula is C22H23N3O2S. The fourth-order valence-electron chi connectivity index (χ4n) is 3.41. The molecule has 1 aliphatic rings. The van der Waals surface area contributed by atoms with E-state index in [-0.39, 0.29) is 5.91 Å². The van der Waals surface area contributed by atoms with Crippen LogP contribution in [-0.2, 0) is 19.6 Å². The number of ether oxygens (including phenoxy) is 1. The van der Waals surface area contributed by atoms with Crippen molar-refractivity contribution < 1.29 is 9.53 Å². The van der Waals surface area contributed by atoms with Crippen LogP contribution in [-0.4, -0.2) is 35.4 Å². The fraction of sp³-hybridized carbons (Fsp3) is 0.273. The normalized spacial score (nSPS) is 13.7. The van der Waals surface area contributed by atoms with E-state index in [1.54, 1.807) is 11.6 Å². The molecule has 1 N–H and O–H groups in total. The van der Waals surface area contributed by atoms with Crippen LogP contribution in [0, 0.1) is 0 Å². The summed E-state index contributed by atoms with van der Waals surface area (Å²) in [5.74, 6) is 0.478. The minimum Gasteiger partial charge on any atom is -0.486 e. The molecule has 0 saturated carbocycles. The molecule has 5 nitrogen and oxygen atoms in total. The van der Waals surface area contributed by atoms with E-state index in [4.69, 9.17) is 4.74 Å². The van der Waals surface area contributed by atoms with Gasteiger partial charge >= 0.3 is 0 Å². The average molecular weight is 394 g/mol. The number of para-hydroxylation sites is 1. The highest BCUT2D eigenvalue weighted by atomic mass is 32.1. The Labute approximate surface area is 169 Å². The second kappa shape index (κ2) is 8.99. The predicted molar refractivity (Wildman–Crippen MR) is 111 cm³/mol. The smallest absolute Gasteiger partial charge is 0.255 e. The Hall–Kier alpha value is -2.70. The van der Waals surface area contributed by atoms with Gasteiger partial charge in [-0.3, -0.25) is 9.69 Å². The molecule has 2 aromatic carbocycles. The van der Waals surface area contributed by atoms with Gasteiger partial charge in [0, 0.05) is 31.6 Å². The number of thiazole rings is 1. The molecule has 28 heavy (non-hydrogen) atoms. The highest BCUT2D eigenvalue weighted by Gasteiger charge is 2.16. The van der Waals surface area contributed by atoms with Crippen LogP contribution < -0.4 is 10.1 Å². The van der Waals surface area contributed by atoms with Crippen LogP contribution in [0.2, 0.25) is 0 Å². The molecule has 1 amide bonds. The molecule has 3 aromatic rings. The number of aromatic nitrogens is 1. The Morgan fingerprint density at radius 3 is 2.82 bits per heavy atom. The largest absolute Gasteiger partial charge is 0.486 e. The number of hydrogen-bond acceptors (Lipinski definition) is 5. The Balaban J connectivity index is 1.29. The molecule has 0 saturated heterocycles. The number of benzene rings is 2. The second-order valence-corrected chi connectivity index (χ2v) is 7.53. The number of carbonyl (C=O) groups excluding carboxylic acids is 1. The summed E-state index contributed by atoms with van der Waals surface area (Å²) in [6, 6.07) is 15.9. The van der Waals surface area contributed by atoms with Crippen LogP contribution in [0.1, 0.15) is 27.2 Å². The van der Waals surface area contributed by atoms with Crippen molar-refractivity contribution in [3.63, 3.8) is 0 Å². The summed E-state index contributed by atoms with van der Waals surface area (Å²) >= 11 is 1.53. The van der Waals surface area contributed by atoms with Crippen LogP contribution in [0.4, 0.5) is 0 Å². The van der Waals surface area contributed by atoms with Crippen LogP contribution in [0.15, 0.2) is 59.4 Å². The lowest BCUT2D eigenvalue weighted by molar-refractivity contribution is 0.0942. The van der Waals surface area contributed by atoms with Gasteiger partial charge < -0.3 is 10.1 Å². The van der Waals surface area contributed by atoms with E-state index in [2.05, 4.69) is 39.5 Å². The van der Waals surface area contributed by atoms with Crippen LogP contribution in [0.3, 0.4) is 0 Å². The summed E-state index contributed by atoms with van der Waals surface area (Å²) in [7, 11) is 0. The maximum absolute atomic E-state index is 12.6. The maximum atomic E-state index is 12.6. The first-order valence-corrected chi connectivity index (χ1v) is 10.4. The third-order valence-corrected chi connectivity index (χ3v) is 5.55. The number of carbonyl (C=O) groups is 1. The molecule has 0 spiro atoms. The lowest BCUT2D eigenvalue weighted by atomic mass is 10.00. The first kappa shape index (κ1) is 18.7. The van der Waals surface area contributed by atoms with Crippen molar-refractivity contribution in [3.8, 4) is 5.75 Å². The molecule has 1 aliphatic heterocycles. The molecule has 0 aliphatic carbocycles. The Kier molecular flexibility index (Phi) is 5.99. The van der Waals surface area contributed by atoms with Gasteiger partial charge in [-0.05, 0) is 29.7 Å². The zero-order valence-corrected chi connectivity index (χ0v) is 16.5. The molecule has 0 bridgehead atoms. The van der Waals surface area contributed by atoms with E-state index in [0.29, 0.717) is 24.5 Å². The molecular weight excluding hydrogens is 370 g/mol. The van der Waals surface area contributed by atoms with E-state index in [9.17, 15) is 4.79 Å². The minimum atomic E-state index is -0.105. The van der Waals surface area contributed by atoms with Crippen molar-refractivity contribution >= 4 is 17.2 Å². The molecule has 1 aromatic heterocycles. The predicted octanol–water partition coefficient (Wildman–Crippen LogP) is 3.51. The Morgan fingerprint density at radius 1 is 1.14 bits per heavy atom. The molecule has 144 valence electrons. The zero-order valence-electron chi connectivity index (χ0n) is 15.6. The van der Waals surface area contributed by atoms with Crippen molar-refractivity contribution in [2.45, 2.75) is 19.6 Å². The van der Waals surface area contributed by atoms with Gasteiger partial charge in [0.1, 0.15) is 12.4 Å².